The number of rotatable bonds is 15. The first kappa shape index (κ1) is 31.1. The van der Waals surface area contributed by atoms with Gasteiger partial charge in [0.1, 0.15) is 18.1 Å². The minimum atomic E-state index is -1.38. The molecule has 4 atom stereocenters. The Morgan fingerprint density at radius 1 is 0.974 bits per heavy atom. The molecule has 0 spiro atoms. The zero-order valence-electron chi connectivity index (χ0n) is 22.0. The predicted molar refractivity (Wildman–Crippen MR) is 145 cm³/mol. The molecule has 3 amide bonds. The lowest BCUT2D eigenvalue weighted by Gasteiger charge is -2.25. The molecule has 2 rings (SSSR count). The number of aliphatic imine (C=N–C) groups is 1. The minimum absolute atomic E-state index is 0.0117. The number of nitrogens with two attached hydrogens (primary N) is 3. The van der Waals surface area contributed by atoms with Crippen LogP contribution < -0.4 is 33.2 Å². The van der Waals surface area contributed by atoms with Crippen LogP contribution in [0.3, 0.4) is 0 Å². The summed E-state index contributed by atoms with van der Waals surface area (Å²) in [5, 5.41) is 27.7. The summed E-state index contributed by atoms with van der Waals surface area (Å²) >= 11 is 0. The highest BCUT2D eigenvalue weighted by Gasteiger charge is 2.30. The van der Waals surface area contributed by atoms with Crippen LogP contribution in [0.15, 0.2) is 35.5 Å². The van der Waals surface area contributed by atoms with Crippen LogP contribution in [0.2, 0.25) is 0 Å². The maximum atomic E-state index is 13.2. The van der Waals surface area contributed by atoms with E-state index in [1.54, 1.807) is 20.0 Å². The number of aliphatic carboxylic acids is 1. The van der Waals surface area contributed by atoms with Crippen molar-refractivity contribution < 1.29 is 29.4 Å². The van der Waals surface area contributed by atoms with E-state index in [2.05, 4.69) is 25.9 Å². The molecule has 0 bridgehead atoms. The third-order valence-corrected chi connectivity index (χ3v) is 6.13. The number of aliphatic hydroxyl groups excluding tert-OH is 1. The molecule has 14 heteroatoms. The lowest BCUT2D eigenvalue weighted by Crippen LogP contribution is -2.58. The summed E-state index contributed by atoms with van der Waals surface area (Å²) < 4.78 is 0. The monoisotopic (exact) mass is 546 g/mol. The van der Waals surface area contributed by atoms with Crippen molar-refractivity contribution in [2.75, 3.05) is 13.2 Å². The molecule has 39 heavy (non-hydrogen) atoms. The number of aromatic nitrogens is 1. The standard InChI is InChI=1S/C25H38N8O6/c1-13(2)20(26)23(37)33-19(12-34)22(36)31-17(8-5-9-29-25(27)28)21(35)32-18(24(38)39)10-14-11-30-16-7-4-3-6-15(14)16/h3-4,6-7,11,13,17-20,30,34H,5,8-10,12,26H2,1-2H3,(H,31,36)(H,32,35)(H,33,37)(H,38,39)(H4,27,28,29). The van der Waals surface area contributed by atoms with Crippen LogP contribution in [0.4, 0.5) is 0 Å². The Morgan fingerprint density at radius 2 is 1.59 bits per heavy atom. The fourth-order valence-electron chi connectivity index (χ4n) is 3.80. The lowest BCUT2D eigenvalue weighted by atomic mass is 10.0. The van der Waals surface area contributed by atoms with Crippen LogP contribution in [-0.4, -0.2) is 82.2 Å². The van der Waals surface area contributed by atoms with Gasteiger partial charge >= 0.3 is 5.97 Å². The van der Waals surface area contributed by atoms with Crippen LogP contribution in [0, 0.1) is 5.92 Å². The number of benzene rings is 1. The number of H-pyrrole nitrogens is 1. The molecule has 12 N–H and O–H groups in total. The average Bonchev–Trinajstić information content (AvgIpc) is 3.30. The number of carbonyl (C=O) groups is 4. The number of amides is 3. The summed E-state index contributed by atoms with van der Waals surface area (Å²) in [5.74, 6) is -3.87. The van der Waals surface area contributed by atoms with E-state index >= 15 is 0 Å². The Hall–Kier alpha value is -4.17. The molecule has 0 aliphatic rings. The highest BCUT2D eigenvalue weighted by Crippen LogP contribution is 2.19. The topological polar surface area (TPSA) is 251 Å². The van der Waals surface area contributed by atoms with Crippen LogP contribution in [0.25, 0.3) is 10.9 Å². The number of hydrogen-bond donors (Lipinski definition) is 9. The van der Waals surface area contributed by atoms with E-state index < -0.39 is 54.5 Å². The molecule has 4 unspecified atom stereocenters. The maximum Gasteiger partial charge on any atom is 0.326 e. The summed E-state index contributed by atoms with van der Waals surface area (Å²) in [6.07, 6.45) is 1.98. The Bertz CT molecular complexity index is 1180. The van der Waals surface area contributed by atoms with Crippen molar-refractivity contribution in [2.45, 2.75) is 57.3 Å². The van der Waals surface area contributed by atoms with E-state index in [-0.39, 0.29) is 37.7 Å². The normalized spacial score (nSPS) is 14.2. The van der Waals surface area contributed by atoms with Crippen LogP contribution in [0.5, 0.6) is 0 Å². The van der Waals surface area contributed by atoms with Crippen LogP contribution in [-0.2, 0) is 25.6 Å². The Labute approximate surface area is 225 Å². The number of carbonyl (C=O) groups excluding carboxylic acids is 3. The second kappa shape index (κ2) is 14.7. The molecule has 0 aliphatic heterocycles. The van der Waals surface area contributed by atoms with Gasteiger partial charge < -0.3 is 48.3 Å². The maximum absolute atomic E-state index is 13.2. The van der Waals surface area contributed by atoms with Gasteiger partial charge in [-0.2, -0.15) is 0 Å². The smallest absolute Gasteiger partial charge is 0.326 e. The molecule has 0 fully saturated rings. The van der Waals surface area contributed by atoms with Gasteiger partial charge in [0.05, 0.1) is 12.6 Å². The molecule has 0 saturated carbocycles. The molecule has 1 heterocycles. The number of guanidine groups is 1. The summed E-state index contributed by atoms with van der Waals surface area (Å²) in [4.78, 5) is 57.3. The van der Waals surface area contributed by atoms with Crippen molar-refractivity contribution in [3.05, 3.63) is 36.0 Å². The van der Waals surface area contributed by atoms with Crippen molar-refractivity contribution in [1.82, 2.24) is 20.9 Å². The summed E-state index contributed by atoms with van der Waals surface area (Å²) in [5.41, 5.74) is 18.0. The molecule has 214 valence electrons. The number of carboxylic acids is 1. The number of carboxylic acid groups (broad SMARTS) is 1. The summed E-state index contributed by atoms with van der Waals surface area (Å²) in [6.45, 7) is 2.86. The number of nitrogens with zero attached hydrogens (tertiary/aromatic N) is 1. The van der Waals surface area contributed by atoms with Gasteiger partial charge in [-0.15, -0.1) is 0 Å². The van der Waals surface area contributed by atoms with E-state index in [1.807, 2.05) is 24.3 Å². The number of aromatic amines is 1. The zero-order chi connectivity index (χ0) is 29.1. The quantitative estimate of drug-likeness (QED) is 0.0698. The molecule has 2 aromatic rings. The highest BCUT2D eigenvalue weighted by molar-refractivity contribution is 5.94. The van der Waals surface area contributed by atoms with Crippen molar-refractivity contribution in [3.8, 4) is 0 Å². The third kappa shape index (κ3) is 9.26. The lowest BCUT2D eigenvalue weighted by molar-refractivity contribution is -0.142. The minimum Gasteiger partial charge on any atom is -0.480 e. The first-order valence-electron chi connectivity index (χ1n) is 12.5. The summed E-state index contributed by atoms with van der Waals surface area (Å²) in [6, 6.07) is 2.55. The fraction of sp³-hybridized carbons (Fsp3) is 0.480. The summed E-state index contributed by atoms with van der Waals surface area (Å²) in [7, 11) is 0. The largest absolute Gasteiger partial charge is 0.480 e. The van der Waals surface area contributed by atoms with E-state index in [0.717, 1.165) is 10.9 Å². The van der Waals surface area contributed by atoms with E-state index in [4.69, 9.17) is 17.2 Å². The van der Waals surface area contributed by atoms with Gasteiger partial charge in [-0.05, 0) is 30.4 Å². The number of aliphatic hydroxyl groups is 1. The molecule has 0 aliphatic carbocycles. The molecule has 0 saturated heterocycles. The molecular weight excluding hydrogens is 508 g/mol. The van der Waals surface area contributed by atoms with Gasteiger partial charge in [0.15, 0.2) is 5.96 Å². The molecule has 14 nitrogen and oxygen atoms in total. The third-order valence-electron chi connectivity index (χ3n) is 6.13. The van der Waals surface area contributed by atoms with Crippen LogP contribution in [0.1, 0.15) is 32.3 Å². The van der Waals surface area contributed by atoms with E-state index in [0.29, 0.717) is 5.56 Å². The van der Waals surface area contributed by atoms with E-state index in [1.165, 1.54) is 0 Å². The highest BCUT2D eigenvalue weighted by atomic mass is 16.4. The fourth-order valence-corrected chi connectivity index (χ4v) is 3.80. The molecule has 0 radical (unpaired) electrons. The second-order valence-corrected chi connectivity index (χ2v) is 9.49. The Kier molecular flexibility index (Phi) is 11.7. The zero-order valence-corrected chi connectivity index (χ0v) is 22.0. The van der Waals surface area contributed by atoms with Gasteiger partial charge in [-0.3, -0.25) is 19.4 Å². The number of hydrogen-bond acceptors (Lipinski definition) is 7. The first-order valence-corrected chi connectivity index (χ1v) is 12.5. The van der Waals surface area contributed by atoms with Gasteiger partial charge in [-0.1, -0.05) is 32.0 Å². The Balaban J connectivity index is 2.17. The van der Waals surface area contributed by atoms with Crippen LogP contribution >= 0.6 is 0 Å². The average molecular weight is 547 g/mol. The number of fused-ring (bicyclic) bond motifs is 1. The van der Waals surface area contributed by atoms with Crippen molar-refractivity contribution in [3.63, 3.8) is 0 Å². The van der Waals surface area contributed by atoms with Gasteiger partial charge in [0.2, 0.25) is 17.7 Å². The Morgan fingerprint density at radius 3 is 2.21 bits per heavy atom. The van der Waals surface area contributed by atoms with Crippen molar-refractivity contribution in [1.29, 1.82) is 0 Å². The molecule has 1 aromatic heterocycles. The molecule has 1 aromatic carbocycles. The predicted octanol–water partition coefficient (Wildman–Crippen LogP) is -1.72. The van der Waals surface area contributed by atoms with Crippen molar-refractivity contribution in [2.24, 2.45) is 28.1 Å². The number of para-hydroxylation sites is 1. The second-order valence-electron chi connectivity index (χ2n) is 9.49. The first-order chi connectivity index (χ1) is 18.4. The van der Waals surface area contributed by atoms with E-state index in [9.17, 15) is 29.4 Å². The van der Waals surface area contributed by atoms with Gasteiger partial charge in [-0.25, -0.2) is 4.79 Å². The molecular formula is C25H38N8O6. The van der Waals surface area contributed by atoms with Gasteiger partial charge in [0, 0.05) is 30.1 Å². The van der Waals surface area contributed by atoms with Gasteiger partial charge in [0.25, 0.3) is 0 Å². The SMILES string of the molecule is CC(C)C(N)C(=O)NC(CO)C(=O)NC(CCCN=C(N)N)C(=O)NC(Cc1c[nH]c2ccccc12)C(=O)O. The van der Waals surface area contributed by atoms with Crippen molar-refractivity contribution >= 4 is 40.6 Å². The number of nitrogens with one attached hydrogen (secondary N) is 4.